The van der Waals surface area contributed by atoms with Gasteiger partial charge in [0.25, 0.3) is 5.91 Å². The van der Waals surface area contributed by atoms with Crippen molar-refractivity contribution in [2.75, 3.05) is 76.7 Å². The Morgan fingerprint density at radius 3 is 2.56 bits per heavy atom. The number of carbonyl (C=O) groups excluding carboxylic acids is 1. The lowest BCUT2D eigenvalue weighted by Gasteiger charge is -2.50. The van der Waals surface area contributed by atoms with Gasteiger partial charge in [-0.3, -0.25) is 9.69 Å². The zero-order valence-corrected chi connectivity index (χ0v) is 35.0. The summed E-state index contributed by atoms with van der Waals surface area (Å²) in [5.74, 6) is 1.40. The summed E-state index contributed by atoms with van der Waals surface area (Å²) in [5, 5.41) is 0.0192. The van der Waals surface area contributed by atoms with E-state index in [1.807, 2.05) is 25.1 Å². The van der Waals surface area contributed by atoms with Crippen molar-refractivity contribution >= 4 is 43.2 Å². The summed E-state index contributed by atoms with van der Waals surface area (Å²) in [7, 11) is -7.16. The first-order valence-electron chi connectivity index (χ1n) is 20.5. The van der Waals surface area contributed by atoms with Crippen molar-refractivity contribution < 1.29 is 26.4 Å². The number of piperazine rings is 2. The summed E-state index contributed by atoms with van der Waals surface area (Å²) in [6.45, 7) is 11.4. The molecular formula is C41H58ClN5O6S2. The first kappa shape index (κ1) is 39.4. The van der Waals surface area contributed by atoms with Crippen LogP contribution in [0.25, 0.3) is 0 Å². The van der Waals surface area contributed by atoms with E-state index in [9.17, 15) is 21.6 Å². The molecule has 1 saturated carbocycles. The number of carbonyl (C=O) groups is 1. The minimum atomic E-state index is -3.92. The van der Waals surface area contributed by atoms with Crippen LogP contribution in [0.5, 0.6) is 5.75 Å². The van der Waals surface area contributed by atoms with Gasteiger partial charge in [0, 0.05) is 80.9 Å². The number of nitrogens with one attached hydrogen (secondary N) is 1. The van der Waals surface area contributed by atoms with Crippen LogP contribution in [0.2, 0.25) is 5.02 Å². The molecule has 2 aliphatic carbocycles. The summed E-state index contributed by atoms with van der Waals surface area (Å²) in [6, 6.07) is 11.8. The molecule has 55 heavy (non-hydrogen) atoms. The molecule has 4 aliphatic heterocycles. The van der Waals surface area contributed by atoms with E-state index in [0.717, 1.165) is 114 Å². The van der Waals surface area contributed by atoms with Gasteiger partial charge in [0.05, 0.1) is 23.8 Å². The predicted octanol–water partition coefficient (Wildman–Crippen LogP) is 4.99. The topological polar surface area (TPSA) is 120 Å². The third-order valence-corrected chi connectivity index (χ3v) is 17.7. The first-order chi connectivity index (χ1) is 26.2. The number of amides is 1. The molecule has 2 aromatic carbocycles. The van der Waals surface area contributed by atoms with Crippen molar-refractivity contribution in [1.29, 1.82) is 0 Å². The number of benzene rings is 2. The molecule has 1 N–H and O–H groups in total. The Labute approximate surface area is 333 Å². The van der Waals surface area contributed by atoms with Gasteiger partial charge < -0.3 is 14.5 Å². The highest BCUT2D eigenvalue weighted by atomic mass is 35.5. The number of fused-ring (bicyclic) bond motifs is 5. The molecule has 3 fully saturated rings. The van der Waals surface area contributed by atoms with Crippen molar-refractivity contribution in [3.05, 3.63) is 58.1 Å². The zero-order valence-electron chi connectivity index (χ0n) is 32.6. The maximum absolute atomic E-state index is 13.7. The van der Waals surface area contributed by atoms with Gasteiger partial charge in [-0.15, -0.1) is 0 Å². The number of nitrogens with zero attached hydrogens (tertiary/aromatic N) is 4. The van der Waals surface area contributed by atoms with Gasteiger partial charge in [-0.1, -0.05) is 31.0 Å². The molecule has 0 radical (unpaired) electrons. The molecule has 2 aromatic rings. The molecule has 302 valence electrons. The van der Waals surface area contributed by atoms with E-state index >= 15 is 0 Å². The number of sulfonamides is 2. The Morgan fingerprint density at radius 1 is 0.964 bits per heavy atom. The van der Waals surface area contributed by atoms with Crippen LogP contribution in [-0.2, 0) is 31.9 Å². The lowest BCUT2D eigenvalue weighted by molar-refractivity contribution is 0.00865. The van der Waals surface area contributed by atoms with Gasteiger partial charge >= 0.3 is 0 Å². The van der Waals surface area contributed by atoms with Gasteiger partial charge in [-0.05, 0) is 117 Å². The zero-order chi connectivity index (χ0) is 38.7. The van der Waals surface area contributed by atoms with Crippen LogP contribution < -0.4 is 14.4 Å². The molecule has 0 aromatic heterocycles. The van der Waals surface area contributed by atoms with Gasteiger partial charge in [0.15, 0.2) is 0 Å². The molecular weight excluding hydrogens is 758 g/mol. The summed E-state index contributed by atoms with van der Waals surface area (Å²) in [6.07, 6.45) is 9.30. The first-order valence-corrected chi connectivity index (χ1v) is 24.2. The number of rotatable bonds is 3. The Hall–Kier alpha value is -2.42. The fraction of sp³-hybridized carbons (Fsp3) is 0.683. The van der Waals surface area contributed by atoms with Crippen LogP contribution in [0, 0.1) is 23.7 Å². The Balaban J connectivity index is 1.12. The molecule has 14 heteroatoms. The van der Waals surface area contributed by atoms with Gasteiger partial charge in [0.1, 0.15) is 5.75 Å². The number of ether oxygens (including phenoxy) is 1. The van der Waals surface area contributed by atoms with Crippen LogP contribution in [0.4, 0.5) is 5.69 Å². The lowest BCUT2D eigenvalue weighted by atomic mass is 9.65. The van der Waals surface area contributed by atoms with Crippen molar-refractivity contribution in [3.63, 3.8) is 0 Å². The van der Waals surface area contributed by atoms with E-state index in [2.05, 4.69) is 31.6 Å². The van der Waals surface area contributed by atoms with Crippen LogP contribution in [0.3, 0.4) is 0 Å². The minimum Gasteiger partial charge on any atom is -0.490 e. The summed E-state index contributed by atoms with van der Waals surface area (Å²) in [5.41, 5.74) is 3.47. The molecule has 1 amide bonds. The van der Waals surface area contributed by atoms with E-state index in [1.54, 1.807) is 17.3 Å². The average molecular weight is 817 g/mol. The fourth-order valence-electron chi connectivity index (χ4n) is 10.7. The molecule has 6 aliphatic rings. The molecule has 8 rings (SSSR count). The standard InChI is InChI=1S/C41H58ClN5O6S2/c1-28-6-4-7-32(22-44-16-17-45-18-19-47(54(3,49)50)25-35(45)24-44)36-12-9-33(36)23-46-26-41(15-5-8-30-20-34(42)11-13-37(30)41)27-53-39-14-10-31(21-38(39)46)40(48)43-55(51,52)29(28)2/h10-11,13-14,20-21,28-29,32-33,35-36H,4-9,12,15-19,22-27H2,1-3H3,(H,43,48)/t28-,29+,32-,33-,35-,36-,41-/m0/s1. The Bertz CT molecular complexity index is 2000. The molecule has 7 atom stereocenters. The number of halogens is 1. The largest absolute Gasteiger partial charge is 0.490 e. The Morgan fingerprint density at radius 2 is 1.78 bits per heavy atom. The Kier molecular flexibility index (Phi) is 11.0. The summed E-state index contributed by atoms with van der Waals surface area (Å²) in [4.78, 5) is 21.2. The van der Waals surface area contributed by atoms with Gasteiger partial charge in [-0.2, -0.15) is 4.31 Å². The second kappa shape index (κ2) is 15.4. The molecule has 4 heterocycles. The highest BCUT2D eigenvalue weighted by Gasteiger charge is 2.45. The second-order valence-electron chi connectivity index (χ2n) is 17.7. The quantitative estimate of drug-likeness (QED) is 0.458. The summed E-state index contributed by atoms with van der Waals surface area (Å²) < 4.78 is 62.9. The number of hydrogen-bond acceptors (Lipinski definition) is 9. The van der Waals surface area contributed by atoms with Crippen LogP contribution in [0.1, 0.15) is 80.3 Å². The van der Waals surface area contributed by atoms with E-state index in [4.69, 9.17) is 16.3 Å². The minimum absolute atomic E-state index is 0.121. The number of anilines is 1. The van der Waals surface area contributed by atoms with Crippen molar-refractivity contribution in [1.82, 2.24) is 18.8 Å². The van der Waals surface area contributed by atoms with E-state index in [-0.39, 0.29) is 17.4 Å². The highest BCUT2D eigenvalue weighted by Crippen LogP contribution is 2.48. The van der Waals surface area contributed by atoms with Crippen LogP contribution >= 0.6 is 11.6 Å². The van der Waals surface area contributed by atoms with E-state index < -0.39 is 31.2 Å². The third-order valence-electron chi connectivity index (χ3n) is 14.3. The fourth-order valence-corrected chi connectivity index (χ4v) is 13.1. The number of aryl methyl sites for hydroxylation is 1. The predicted molar refractivity (Wildman–Crippen MR) is 217 cm³/mol. The van der Waals surface area contributed by atoms with E-state index in [1.165, 1.54) is 17.4 Å². The van der Waals surface area contributed by atoms with Crippen molar-refractivity contribution in [2.45, 2.75) is 81.9 Å². The van der Waals surface area contributed by atoms with Crippen molar-refractivity contribution in [3.8, 4) is 5.75 Å². The lowest BCUT2D eigenvalue weighted by Crippen LogP contribution is -2.63. The van der Waals surface area contributed by atoms with Crippen molar-refractivity contribution in [2.24, 2.45) is 23.7 Å². The van der Waals surface area contributed by atoms with Crippen LogP contribution in [0.15, 0.2) is 36.4 Å². The normalized spacial score (nSPS) is 33.6. The van der Waals surface area contributed by atoms with Gasteiger partial charge in [-0.25, -0.2) is 21.6 Å². The third kappa shape index (κ3) is 8.04. The smallest absolute Gasteiger partial charge is 0.264 e. The number of hydrogen-bond donors (Lipinski definition) is 1. The maximum Gasteiger partial charge on any atom is 0.264 e. The molecule has 0 unspecified atom stereocenters. The monoisotopic (exact) mass is 815 g/mol. The molecule has 1 spiro atoms. The molecule has 11 nitrogen and oxygen atoms in total. The average Bonchev–Trinajstić information content (AvgIpc) is 3.28. The maximum atomic E-state index is 13.7. The molecule has 2 saturated heterocycles. The summed E-state index contributed by atoms with van der Waals surface area (Å²) >= 11 is 6.50. The second-order valence-corrected chi connectivity index (χ2v) is 22.2. The SMILES string of the molecule is C[C@@H]1[C@@H](C)CCC[C@@H](CN2CCN3CCN(S(C)(=O)=O)C[C@@H]3C2)[C@@H]2CC[C@H]2CN2C[C@@]3(CCCc4cc(Cl)ccc43)COc3ccc(cc32)C(=O)NS1(=O)=O. The van der Waals surface area contributed by atoms with Crippen LogP contribution in [-0.4, -0.2) is 120 Å². The van der Waals surface area contributed by atoms with E-state index in [0.29, 0.717) is 43.0 Å². The highest BCUT2D eigenvalue weighted by molar-refractivity contribution is 7.90. The van der Waals surface area contributed by atoms with Gasteiger partial charge in [0.2, 0.25) is 20.0 Å². The molecule has 2 bridgehead atoms.